The lowest BCUT2D eigenvalue weighted by molar-refractivity contribution is 0.0600. The molecule has 0 saturated heterocycles. The van der Waals surface area contributed by atoms with Crippen molar-refractivity contribution in [1.29, 1.82) is 0 Å². The smallest absolute Gasteiger partial charge is 0.337 e. The second kappa shape index (κ2) is 5.06. The van der Waals surface area contributed by atoms with E-state index >= 15 is 0 Å². The molecule has 0 spiro atoms. The number of ether oxygens (including phenoxy) is 1. The summed E-state index contributed by atoms with van der Waals surface area (Å²) >= 11 is 0. The van der Waals surface area contributed by atoms with Gasteiger partial charge in [-0.05, 0) is 12.1 Å². The van der Waals surface area contributed by atoms with Gasteiger partial charge >= 0.3 is 5.97 Å². The molecule has 0 bridgehead atoms. The van der Waals surface area contributed by atoms with E-state index in [4.69, 9.17) is 10.3 Å². The van der Waals surface area contributed by atoms with Crippen molar-refractivity contribution in [3.63, 3.8) is 0 Å². The second-order valence-corrected chi connectivity index (χ2v) is 2.63. The first kappa shape index (κ1) is 11.1. The summed E-state index contributed by atoms with van der Waals surface area (Å²) < 4.78 is 4.51. The molecule has 0 unspecified atom stereocenters. The first-order valence-corrected chi connectivity index (χ1v) is 4.09. The minimum atomic E-state index is -0.520. The van der Waals surface area contributed by atoms with Gasteiger partial charge in [0.25, 0.3) is 0 Å². The predicted molar refractivity (Wildman–Crippen MR) is 51.0 cm³/mol. The van der Waals surface area contributed by atoms with Gasteiger partial charge in [-0.25, -0.2) is 4.79 Å². The third kappa shape index (κ3) is 2.50. The fourth-order valence-corrected chi connectivity index (χ4v) is 0.997. The number of hydrogen-bond donors (Lipinski definition) is 2. The maximum Gasteiger partial charge on any atom is 0.337 e. The SMILES string of the molecule is COC(=O)c1ccnc(/C(CO)=N/O)c1. The van der Waals surface area contributed by atoms with Crippen molar-refractivity contribution in [2.45, 2.75) is 0 Å². The van der Waals surface area contributed by atoms with Crippen LogP contribution >= 0.6 is 0 Å². The highest BCUT2D eigenvalue weighted by molar-refractivity contribution is 6.01. The Morgan fingerprint density at radius 3 is 2.93 bits per heavy atom. The number of esters is 1. The third-order valence-corrected chi connectivity index (χ3v) is 1.75. The van der Waals surface area contributed by atoms with Gasteiger partial charge in [-0.1, -0.05) is 5.16 Å². The molecule has 2 N–H and O–H groups in total. The van der Waals surface area contributed by atoms with Crippen molar-refractivity contribution in [3.8, 4) is 0 Å². The van der Waals surface area contributed by atoms with E-state index in [2.05, 4.69) is 14.9 Å². The Labute approximate surface area is 85.8 Å². The lowest BCUT2D eigenvalue weighted by Crippen LogP contribution is -2.11. The van der Waals surface area contributed by atoms with Crippen molar-refractivity contribution in [1.82, 2.24) is 4.98 Å². The number of carbonyl (C=O) groups excluding carboxylic acids is 1. The van der Waals surface area contributed by atoms with E-state index in [0.29, 0.717) is 0 Å². The van der Waals surface area contributed by atoms with Crippen molar-refractivity contribution < 1.29 is 19.8 Å². The average molecular weight is 210 g/mol. The molecule has 0 aromatic carbocycles. The van der Waals surface area contributed by atoms with Crippen LogP contribution in [0, 0.1) is 0 Å². The van der Waals surface area contributed by atoms with E-state index in [-0.39, 0.29) is 17.0 Å². The Bertz CT molecular complexity index is 389. The number of nitrogens with zero attached hydrogens (tertiary/aromatic N) is 2. The molecular formula is C9H10N2O4. The molecule has 0 atom stereocenters. The van der Waals surface area contributed by atoms with Gasteiger partial charge in [-0.15, -0.1) is 0 Å². The highest BCUT2D eigenvalue weighted by atomic mass is 16.5. The van der Waals surface area contributed by atoms with E-state index in [0.717, 1.165) is 0 Å². The molecule has 0 aliphatic carbocycles. The van der Waals surface area contributed by atoms with Crippen molar-refractivity contribution >= 4 is 11.7 Å². The number of rotatable bonds is 3. The topological polar surface area (TPSA) is 92.0 Å². The van der Waals surface area contributed by atoms with Crippen LogP contribution in [0.25, 0.3) is 0 Å². The summed E-state index contributed by atoms with van der Waals surface area (Å²) in [7, 11) is 1.26. The van der Waals surface area contributed by atoms with Crippen LogP contribution in [-0.2, 0) is 4.74 Å². The quantitative estimate of drug-likeness (QED) is 0.318. The van der Waals surface area contributed by atoms with E-state index in [1.807, 2.05) is 0 Å². The van der Waals surface area contributed by atoms with Gasteiger partial charge in [-0.3, -0.25) is 4.98 Å². The monoisotopic (exact) mass is 210 g/mol. The summed E-state index contributed by atoms with van der Waals surface area (Å²) in [6.45, 7) is -0.464. The molecule has 0 fully saturated rings. The summed E-state index contributed by atoms with van der Waals surface area (Å²) in [5.74, 6) is -0.520. The summed E-state index contributed by atoms with van der Waals surface area (Å²) in [6, 6.07) is 2.83. The van der Waals surface area contributed by atoms with Crippen molar-refractivity contribution in [2.75, 3.05) is 13.7 Å². The number of methoxy groups -OCH3 is 1. The molecule has 0 radical (unpaired) electrons. The van der Waals surface area contributed by atoms with E-state index in [1.54, 1.807) is 0 Å². The molecule has 1 rings (SSSR count). The minimum absolute atomic E-state index is 0.0132. The summed E-state index contributed by atoms with van der Waals surface area (Å²) in [6.07, 6.45) is 1.36. The van der Waals surface area contributed by atoms with Crippen molar-refractivity contribution in [3.05, 3.63) is 29.6 Å². The Hall–Kier alpha value is -1.95. The zero-order valence-electron chi connectivity index (χ0n) is 8.04. The van der Waals surface area contributed by atoms with Gasteiger partial charge < -0.3 is 15.1 Å². The molecule has 1 heterocycles. The number of aromatic nitrogens is 1. The number of aliphatic hydroxyl groups excluding tert-OH is 1. The summed E-state index contributed by atoms with van der Waals surface area (Å²) in [5.41, 5.74) is 0.487. The maximum atomic E-state index is 11.2. The number of carbonyl (C=O) groups is 1. The Balaban J connectivity index is 3.07. The standard InChI is InChI=1S/C9H10N2O4/c1-15-9(13)6-2-3-10-7(4-6)8(5-12)11-14/h2-4,12,14H,5H2,1H3/b11-8+. The predicted octanol–water partition coefficient (Wildman–Crippen LogP) is 0.0388. The van der Waals surface area contributed by atoms with Crippen LogP contribution in [0.15, 0.2) is 23.5 Å². The van der Waals surface area contributed by atoms with Crippen LogP contribution in [0.1, 0.15) is 16.1 Å². The zero-order valence-corrected chi connectivity index (χ0v) is 8.04. The first-order chi connectivity index (χ1) is 7.22. The molecule has 6 heteroatoms. The van der Waals surface area contributed by atoms with E-state index in [9.17, 15) is 4.79 Å². The summed E-state index contributed by atoms with van der Waals surface area (Å²) in [5, 5.41) is 20.2. The summed E-state index contributed by atoms with van der Waals surface area (Å²) in [4.78, 5) is 15.0. The van der Waals surface area contributed by atoms with Crippen LogP contribution < -0.4 is 0 Å². The maximum absolute atomic E-state index is 11.2. The molecule has 0 amide bonds. The van der Waals surface area contributed by atoms with Gasteiger partial charge in [0.2, 0.25) is 0 Å². The molecule has 15 heavy (non-hydrogen) atoms. The van der Waals surface area contributed by atoms with Crippen LogP contribution in [0.4, 0.5) is 0 Å². The Morgan fingerprint density at radius 2 is 2.40 bits per heavy atom. The molecule has 1 aromatic rings. The average Bonchev–Trinajstić information content (AvgIpc) is 2.30. The van der Waals surface area contributed by atoms with Gasteiger partial charge in [0.15, 0.2) is 0 Å². The van der Waals surface area contributed by atoms with Gasteiger partial charge in [0.1, 0.15) is 5.71 Å². The molecular weight excluding hydrogens is 200 g/mol. The lowest BCUT2D eigenvalue weighted by atomic mass is 10.2. The highest BCUT2D eigenvalue weighted by Crippen LogP contribution is 2.04. The van der Waals surface area contributed by atoms with E-state index in [1.165, 1.54) is 25.4 Å². The number of aliphatic hydroxyl groups is 1. The molecule has 80 valence electrons. The van der Waals surface area contributed by atoms with E-state index < -0.39 is 12.6 Å². The van der Waals surface area contributed by atoms with Crippen LogP contribution in [0.2, 0.25) is 0 Å². The number of pyridine rings is 1. The molecule has 6 nitrogen and oxygen atoms in total. The van der Waals surface area contributed by atoms with Gasteiger partial charge in [0, 0.05) is 6.20 Å². The molecule has 0 aliphatic rings. The highest BCUT2D eigenvalue weighted by Gasteiger charge is 2.10. The van der Waals surface area contributed by atoms with Gasteiger partial charge in [-0.2, -0.15) is 0 Å². The fourth-order valence-electron chi connectivity index (χ4n) is 0.997. The third-order valence-electron chi connectivity index (χ3n) is 1.75. The van der Waals surface area contributed by atoms with Crippen LogP contribution in [0.5, 0.6) is 0 Å². The number of hydrogen-bond acceptors (Lipinski definition) is 6. The fraction of sp³-hybridized carbons (Fsp3) is 0.222. The second-order valence-electron chi connectivity index (χ2n) is 2.63. The molecule has 1 aromatic heterocycles. The normalized spacial score (nSPS) is 11.2. The molecule has 0 aliphatic heterocycles. The van der Waals surface area contributed by atoms with Crippen molar-refractivity contribution in [2.24, 2.45) is 5.16 Å². The largest absolute Gasteiger partial charge is 0.465 e. The lowest BCUT2D eigenvalue weighted by Gasteiger charge is -2.02. The Kier molecular flexibility index (Phi) is 3.75. The van der Waals surface area contributed by atoms with Gasteiger partial charge in [0.05, 0.1) is 25.0 Å². The van der Waals surface area contributed by atoms with Crippen LogP contribution in [0.3, 0.4) is 0 Å². The zero-order chi connectivity index (χ0) is 11.3. The number of oxime groups is 1. The first-order valence-electron chi connectivity index (χ1n) is 4.09. The minimum Gasteiger partial charge on any atom is -0.465 e. The molecule has 0 saturated carbocycles. The van der Waals surface area contributed by atoms with Crippen LogP contribution in [-0.4, -0.2) is 40.7 Å². The Morgan fingerprint density at radius 1 is 1.67 bits per heavy atom.